The maximum Gasteiger partial charge on any atom is 0.274 e. The highest BCUT2D eigenvalue weighted by Gasteiger charge is 2.08. The van der Waals surface area contributed by atoms with Crippen molar-refractivity contribution in [1.82, 2.24) is 5.48 Å². The van der Waals surface area contributed by atoms with Gasteiger partial charge in [0.15, 0.2) is 0 Å². The molecule has 1 amide bonds. The molecule has 0 unspecified atom stereocenters. The molecule has 1 aromatic rings. The highest BCUT2D eigenvalue weighted by atomic mass is 16.5. The Morgan fingerprint density at radius 2 is 2.00 bits per heavy atom. The Morgan fingerprint density at radius 1 is 1.38 bits per heavy atom. The number of amides is 1. The third kappa shape index (κ3) is 2.16. The van der Waals surface area contributed by atoms with Crippen molar-refractivity contribution in [2.45, 2.75) is 6.92 Å². The molecule has 0 aliphatic rings. The molecule has 0 radical (unpaired) electrons. The van der Waals surface area contributed by atoms with Crippen LogP contribution >= 0.6 is 0 Å². The lowest BCUT2D eigenvalue weighted by Crippen LogP contribution is -2.19. The molecule has 3 heteroatoms. The van der Waals surface area contributed by atoms with Crippen LogP contribution in [0.2, 0.25) is 0 Å². The lowest BCUT2D eigenvalue weighted by Gasteiger charge is -2.03. The lowest BCUT2D eigenvalue weighted by atomic mass is 10.1. The van der Waals surface area contributed by atoms with Gasteiger partial charge in [0, 0.05) is 5.57 Å². The summed E-state index contributed by atoms with van der Waals surface area (Å²) in [4.78, 5) is 11.1. The summed E-state index contributed by atoms with van der Waals surface area (Å²) in [5.74, 6) is -0.492. The quantitative estimate of drug-likeness (QED) is 0.409. The smallest absolute Gasteiger partial charge is 0.274 e. The molecule has 0 atom stereocenters. The maximum absolute atomic E-state index is 11.1. The van der Waals surface area contributed by atoms with Crippen LogP contribution in [0.5, 0.6) is 0 Å². The predicted molar refractivity (Wildman–Crippen MR) is 50.0 cm³/mol. The molecule has 0 aliphatic heterocycles. The maximum atomic E-state index is 11.1. The number of carbonyl (C=O) groups is 1. The summed E-state index contributed by atoms with van der Waals surface area (Å²) in [6, 6.07) is 9.16. The molecular weight excluding hydrogens is 166 g/mol. The van der Waals surface area contributed by atoms with Crippen LogP contribution in [-0.4, -0.2) is 11.1 Å². The zero-order valence-corrected chi connectivity index (χ0v) is 7.32. The standard InChI is InChI=1S/C10H11NO2/c1-2-9(10(12)11-13)8-6-4-3-5-7-8/h2-7,13H,1H3,(H,11,12). The molecule has 13 heavy (non-hydrogen) atoms. The van der Waals surface area contributed by atoms with Gasteiger partial charge in [-0.3, -0.25) is 10.0 Å². The average Bonchev–Trinajstić information content (AvgIpc) is 2.20. The van der Waals surface area contributed by atoms with Gasteiger partial charge in [-0.15, -0.1) is 0 Å². The molecule has 0 heterocycles. The summed E-state index contributed by atoms with van der Waals surface area (Å²) in [5.41, 5.74) is 2.86. The van der Waals surface area contributed by atoms with E-state index >= 15 is 0 Å². The first-order valence-corrected chi connectivity index (χ1v) is 3.95. The van der Waals surface area contributed by atoms with Gasteiger partial charge in [0.05, 0.1) is 0 Å². The fourth-order valence-electron chi connectivity index (χ4n) is 1.11. The number of nitrogens with one attached hydrogen (secondary N) is 1. The van der Waals surface area contributed by atoms with Crippen molar-refractivity contribution in [3.05, 3.63) is 42.0 Å². The summed E-state index contributed by atoms with van der Waals surface area (Å²) in [6.07, 6.45) is 1.65. The van der Waals surface area contributed by atoms with Gasteiger partial charge in [-0.2, -0.15) is 0 Å². The first-order chi connectivity index (χ1) is 6.29. The Kier molecular flexibility index (Phi) is 3.23. The average molecular weight is 177 g/mol. The summed E-state index contributed by atoms with van der Waals surface area (Å²) in [5, 5.41) is 8.46. The minimum absolute atomic E-state index is 0.461. The van der Waals surface area contributed by atoms with E-state index in [-0.39, 0.29) is 0 Å². The Labute approximate surface area is 76.7 Å². The second kappa shape index (κ2) is 4.42. The van der Waals surface area contributed by atoms with Gasteiger partial charge in [0.25, 0.3) is 5.91 Å². The van der Waals surface area contributed by atoms with Crippen molar-refractivity contribution in [1.29, 1.82) is 0 Å². The zero-order chi connectivity index (χ0) is 9.68. The number of hydrogen-bond donors (Lipinski definition) is 2. The molecule has 0 bridgehead atoms. The van der Waals surface area contributed by atoms with E-state index < -0.39 is 5.91 Å². The topological polar surface area (TPSA) is 49.3 Å². The predicted octanol–water partition coefficient (Wildman–Crippen LogP) is 1.60. The Balaban J connectivity index is 3.00. The fraction of sp³-hybridized carbons (Fsp3) is 0.100. The summed E-state index contributed by atoms with van der Waals surface area (Å²) >= 11 is 0. The molecule has 2 N–H and O–H groups in total. The highest BCUT2D eigenvalue weighted by Crippen LogP contribution is 2.13. The van der Waals surface area contributed by atoms with Gasteiger partial charge in [-0.05, 0) is 12.5 Å². The molecule has 1 aromatic carbocycles. The van der Waals surface area contributed by atoms with E-state index in [4.69, 9.17) is 5.21 Å². The Morgan fingerprint density at radius 3 is 2.46 bits per heavy atom. The van der Waals surface area contributed by atoms with Crippen molar-refractivity contribution >= 4 is 11.5 Å². The van der Waals surface area contributed by atoms with Crippen molar-refractivity contribution < 1.29 is 10.0 Å². The van der Waals surface area contributed by atoms with Crippen LogP contribution in [0.15, 0.2) is 36.4 Å². The molecule has 0 aliphatic carbocycles. The van der Waals surface area contributed by atoms with Gasteiger partial charge in [0.2, 0.25) is 0 Å². The molecule has 0 saturated carbocycles. The van der Waals surface area contributed by atoms with Crippen molar-refractivity contribution in [3.8, 4) is 0 Å². The summed E-state index contributed by atoms with van der Waals surface area (Å²) in [6.45, 7) is 1.75. The number of carbonyl (C=O) groups excluding carboxylic acids is 1. The lowest BCUT2D eigenvalue weighted by molar-refractivity contribution is -0.123. The minimum Gasteiger partial charge on any atom is -0.288 e. The van der Waals surface area contributed by atoms with Crippen molar-refractivity contribution in [2.24, 2.45) is 0 Å². The van der Waals surface area contributed by atoms with Crippen LogP contribution in [-0.2, 0) is 4.79 Å². The van der Waals surface area contributed by atoms with Crippen LogP contribution in [0.3, 0.4) is 0 Å². The SMILES string of the molecule is CC=C(C(=O)NO)c1ccccc1. The molecule has 0 spiro atoms. The van der Waals surface area contributed by atoms with Gasteiger partial charge in [0.1, 0.15) is 0 Å². The number of benzene rings is 1. The number of hydroxylamine groups is 1. The van der Waals surface area contributed by atoms with E-state index in [0.717, 1.165) is 5.56 Å². The van der Waals surface area contributed by atoms with Gasteiger partial charge in [-0.25, -0.2) is 5.48 Å². The van der Waals surface area contributed by atoms with E-state index in [0.29, 0.717) is 5.57 Å². The van der Waals surface area contributed by atoms with Crippen molar-refractivity contribution in [3.63, 3.8) is 0 Å². The zero-order valence-electron chi connectivity index (χ0n) is 7.32. The second-order valence-corrected chi connectivity index (χ2v) is 2.51. The molecule has 0 aromatic heterocycles. The van der Waals surface area contributed by atoms with Crippen LogP contribution in [0.25, 0.3) is 5.57 Å². The number of rotatable bonds is 2. The van der Waals surface area contributed by atoms with E-state index in [1.807, 2.05) is 30.3 Å². The third-order valence-electron chi connectivity index (χ3n) is 1.72. The molecule has 3 nitrogen and oxygen atoms in total. The summed E-state index contributed by atoms with van der Waals surface area (Å²) < 4.78 is 0. The molecular formula is C10H11NO2. The molecule has 68 valence electrons. The number of allylic oxidation sites excluding steroid dienone is 1. The van der Waals surface area contributed by atoms with Crippen molar-refractivity contribution in [2.75, 3.05) is 0 Å². The first kappa shape index (κ1) is 9.48. The third-order valence-corrected chi connectivity index (χ3v) is 1.72. The van der Waals surface area contributed by atoms with E-state index in [1.165, 1.54) is 0 Å². The largest absolute Gasteiger partial charge is 0.288 e. The molecule has 0 fully saturated rings. The van der Waals surface area contributed by atoms with E-state index in [1.54, 1.807) is 18.5 Å². The number of hydrogen-bond acceptors (Lipinski definition) is 2. The van der Waals surface area contributed by atoms with E-state index in [9.17, 15) is 4.79 Å². The van der Waals surface area contributed by atoms with Crippen LogP contribution in [0.1, 0.15) is 12.5 Å². The van der Waals surface area contributed by atoms with Crippen LogP contribution in [0, 0.1) is 0 Å². The van der Waals surface area contributed by atoms with Gasteiger partial charge in [-0.1, -0.05) is 36.4 Å². The Hall–Kier alpha value is -1.61. The minimum atomic E-state index is -0.492. The molecule has 1 rings (SSSR count). The first-order valence-electron chi connectivity index (χ1n) is 3.95. The fourth-order valence-corrected chi connectivity index (χ4v) is 1.11. The monoisotopic (exact) mass is 177 g/mol. The van der Waals surface area contributed by atoms with Gasteiger partial charge >= 0.3 is 0 Å². The van der Waals surface area contributed by atoms with E-state index in [2.05, 4.69) is 0 Å². The Bertz CT molecular complexity index is 317. The van der Waals surface area contributed by atoms with Gasteiger partial charge < -0.3 is 0 Å². The second-order valence-electron chi connectivity index (χ2n) is 2.51. The summed E-state index contributed by atoms with van der Waals surface area (Å²) in [7, 11) is 0. The highest BCUT2D eigenvalue weighted by molar-refractivity contribution is 6.18. The normalized spacial score (nSPS) is 11.1. The van der Waals surface area contributed by atoms with Crippen LogP contribution < -0.4 is 5.48 Å². The van der Waals surface area contributed by atoms with Crippen LogP contribution in [0.4, 0.5) is 0 Å². The molecule has 0 saturated heterocycles.